The Kier molecular flexibility index (Phi) is 6.63. The van der Waals surface area contributed by atoms with Gasteiger partial charge in [-0.3, -0.25) is 4.79 Å². The number of benzene rings is 1. The molecule has 3 nitrogen and oxygen atoms in total. The van der Waals surface area contributed by atoms with Gasteiger partial charge in [0.15, 0.2) is 0 Å². The van der Waals surface area contributed by atoms with Crippen LogP contribution in [-0.4, -0.2) is 19.0 Å². The van der Waals surface area contributed by atoms with E-state index < -0.39 is 0 Å². The van der Waals surface area contributed by atoms with E-state index in [1.807, 2.05) is 31.2 Å². The molecule has 5 heteroatoms. The SMILES string of the molecule is CC(NC(=O)CNCC1CC1)c1ccccc1Cl.Cl. The van der Waals surface area contributed by atoms with Crippen LogP contribution in [-0.2, 0) is 4.79 Å². The van der Waals surface area contributed by atoms with Crippen LogP contribution in [0.1, 0.15) is 31.4 Å². The number of halogens is 2. The molecule has 0 radical (unpaired) electrons. The van der Waals surface area contributed by atoms with Gasteiger partial charge in [0.1, 0.15) is 0 Å². The largest absolute Gasteiger partial charge is 0.348 e. The molecule has 1 aliphatic rings. The van der Waals surface area contributed by atoms with Crippen LogP contribution in [0.2, 0.25) is 5.02 Å². The van der Waals surface area contributed by atoms with E-state index in [1.165, 1.54) is 12.8 Å². The summed E-state index contributed by atoms with van der Waals surface area (Å²) in [6.45, 7) is 3.28. The van der Waals surface area contributed by atoms with Crippen LogP contribution in [0.3, 0.4) is 0 Å². The number of amides is 1. The van der Waals surface area contributed by atoms with Gasteiger partial charge in [-0.25, -0.2) is 0 Å². The lowest BCUT2D eigenvalue weighted by Gasteiger charge is -2.15. The monoisotopic (exact) mass is 302 g/mol. The van der Waals surface area contributed by atoms with Crippen molar-refractivity contribution in [3.05, 3.63) is 34.9 Å². The van der Waals surface area contributed by atoms with Gasteiger partial charge in [0.05, 0.1) is 12.6 Å². The second-order valence-corrected chi connectivity index (χ2v) is 5.29. The van der Waals surface area contributed by atoms with E-state index in [1.54, 1.807) is 0 Å². The van der Waals surface area contributed by atoms with Gasteiger partial charge in [-0.15, -0.1) is 12.4 Å². The van der Waals surface area contributed by atoms with Crippen molar-refractivity contribution in [1.29, 1.82) is 0 Å². The maximum atomic E-state index is 11.7. The Labute approximate surface area is 125 Å². The summed E-state index contributed by atoms with van der Waals surface area (Å²) in [5, 5.41) is 6.81. The molecular weight excluding hydrogens is 283 g/mol. The first-order chi connectivity index (χ1) is 8.66. The highest BCUT2D eigenvalue weighted by atomic mass is 35.5. The Morgan fingerprint density at radius 2 is 2.11 bits per heavy atom. The summed E-state index contributed by atoms with van der Waals surface area (Å²) in [6.07, 6.45) is 2.59. The average Bonchev–Trinajstić information content (AvgIpc) is 3.13. The van der Waals surface area contributed by atoms with Gasteiger partial charge in [-0.05, 0) is 43.9 Å². The van der Waals surface area contributed by atoms with Gasteiger partial charge in [-0.2, -0.15) is 0 Å². The van der Waals surface area contributed by atoms with Crippen LogP contribution in [0.5, 0.6) is 0 Å². The number of carbonyl (C=O) groups is 1. The minimum atomic E-state index is -0.0612. The Balaban J connectivity index is 0.00000180. The quantitative estimate of drug-likeness (QED) is 0.848. The molecule has 2 rings (SSSR count). The molecular formula is C14H20Cl2N2O. The van der Waals surface area contributed by atoms with Gasteiger partial charge < -0.3 is 10.6 Å². The predicted octanol–water partition coefficient (Wildman–Crippen LogP) is 2.94. The third-order valence-corrected chi connectivity index (χ3v) is 3.51. The zero-order valence-corrected chi connectivity index (χ0v) is 12.6. The highest BCUT2D eigenvalue weighted by Crippen LogP contribution is 2.27. The van der Waals surface area contributed by atoms with Crippen molar-refractivity contribution >= 4 is 29.9 Å². The molecule has 0 saturated heterocycles. The van der Waals surface area contributed by atoms with Gasteiger partial charge in [-0.1, -0.05) is 29.8 Å². The van der Waals surface area contributed by atoms with Crippen molar-refractivity contribution in [1.82, 2.24) is 10.6 Å². The Morgan fingerprint density at radius 3 is 2.74 bits per heavy atom. The Bertz CT molecular complexity index is 422. The molecule has 1 amide bonds. The molecule has 1 atom stereocenters. The van der Waals surface area contributed by atoms with Crippen LogP contribution in [0.15, 0.2) is 24.3 Å². The first-order valence-electron chi connectivity index (χ1n) is 6.41. The molecule has 0 aliphatic heterocycles. The van der Waals surface area contributed by atoms with Crippen molar-refractivity contribution in [2.45, 2.75) is 25.8 Å². The fourth-order valence-corrected chi connectivity index (χ4v) is 2.21. The molecule has 1 saturated carbocycles. The number of hydrogen-bond donors (Lipinski definition) is 2. The maximum absolute atomic E-state index is 11.7. The van der Waals surface area contributed by atoms with Gasteiger partial charge in [0, 0.05) is 5.02 Å². The van der Waals surface area contributed by atoms with E-state index in [-0.39, 0.29) is 24.4 Å². The molecule has 1 aliphatic carbocycles. The van der Waals surface area contributed by atoms with Gasteiger partial charge >= 0.3 is 0 Å². The molecule has 106 valence electrons. The first-order valence-corrected chi connectivity index (χ1v) is 6.79. The topological polar surface area (TPSA) is 41.1 Å². The number of hydrogen-bond acceptors (Lipinski definition) is 2. The summed E-state index contributed by atoms with van der Waals surface area (Å²) in [4.78, 5) is 11.7. The van der Waals surface area contributed by atoms with Crippen molar-refractivity contribution < 1.29 is 4.79 Å². The lowest BCUT2D eigenvalue weighted by molar-refractivity contribution is -0.120. The minimum absolute atomic E-state index is 0. The molecule has 0 heterocycles. The molecule has 1 aromatic carbocycles. The van der Waals surface area contributed by atoms with E-state index in [2.05, 4.69) is 10.6 Å². The van der Waals surface area contributed by atoms with Crippen LogP contribution in [0, 0.1) is 5.92 Å². The molecule has 2 N–H and O–H groups in total. The summed E-state index contributed by atoms with van der Waals surface area (Å²) >= 11 is 6.09. The molecule has 0 aromatic heterocycles. The van der Waals surface area contributed by atoms with Crippen molar-refractivity contribution in [3.8, 4) is 0 Å². The second kappa shape index (κ2) is 7.73. The molecule has 0 bridgehead atoms. The third-order valence-electron chi connectivity index (χ3n) is 3.16. The number of rotatable bonds is 6. The summed E-state index contributed by atoms with van der Waals surface area (Å²) in [5.74, 6) is 0.807. The summed E-state index contributed by atoms with van der Waals surface area (Å²) in [5.41, 5.74) is 0.953. The van der Waals surface area contributed by atoms with Gasteiger partial charge in [0.2, 0.25) is 5.91 Å². The smallest absolute Gasteiger partial charge is 0.234 e. The predicted molar refractivity (Wildman–Crippen MR) is 80.9 cm³/mol. The van der Waals surface area contributed by atoms with E-state index >= 15 is 0 Å². The van der Waals surface area contributed by atoms with Crippen molar-refractivity contribution in [3.63, 3.8) is 0 Å². The fraction of sp³-hybridized carbons (Fsp3) is 0.500. The van der Waals surface area contributed by atoms with E-state index in [4.69, 9.17) is 11.6 Å². The van der Waals surface area contributed by atoms with E-state index in [0.29, 0.717) is 11.6 Å². The maximum Gasteiger partial charge on any atom is 0.234 e. The lowest BCUT2D eigenvalue weighted by atomic mass is 10.1. The Morgan fingerprint density at radius 1 is 1.42 bits per heavy atom. The standard InChI is InChI=1S/C14H19ClN2O.ClH/c1-10(12-4-2-3-5-13(12)15)17-14(18)9-16-8-11-6-7-11;/h2-5,10-11,16H,6-9H2,1H3,(H,17,18);1H. The van der Waals surface area contributed by atoms with E-state index in [9.17, 15) is 4.79 Å². The molecule has 0 spiro atoms. The van der Waals surface area contributed by atoms with Crippen LogP contribution < -0.4 is 10.6 Å². The highest BCUT2D eigenvalue weighted by molar-refractivity contribution is 6.31. The summed E-state index contributed by atoms with van der Waals surface area (Å²) in [7, 11) is 0. The van der Waals surface area contributed by atoms with Crippen molar-refractivity contribution in [2.75, 3.05) is 13.1 Å². The minimum Gasteiger partial charge on any atom is -0.348 e. The Hall–Kier alpha value is -0.770. The van der Waals surface area contributed by atoms with Crippen molar-refractivity contribution in [2.24, 2.45) is 5.92 Å². The van der Waals surface area contributed by atoms with Gasteiger partial charge in [0.25, 0.3) is 0 Å². The highest BCUT2D eigenvalue weighted by Gasteiger charge is 2.20. The van der Waals surface area contributed by atoms with Crippen LogP contribution in [0.4, 0.5) is 0 Å². The summed E-state index contributed by atoms with van der Waals surface area (Å²) < 4.78 is 0. The number of nitrogens with one attached hydrogen (secondary N) is 2. The first kappa shape index (κ1) is 16.3. The zero-order chi connectivity index (χ0) is 13.0. The van der Waals surface area contributed by atoms with E-state index in [0.717, 1.165) is 18.0 Å². The molecule has 1 fully saturated rings. The molecule has 19 heavy (non-hydrogen) atoms. The van der Waals surface area contributed by atoms with Crippen LogP contribution in [0.25, 0.3) is 0 Å². The normalized spacial score (nSPS) is 15.5. The average molecular weight is 303 g/mol. The lowest BCUT2D eigenvalue weighted by Crippen LogP contribution is -2.36. The summed E-state index contributed by atoms with van der Waals surface area (Å²) in [6, 6.07) is 7.52. The molecule has 1 aromatic rings. The molecule has 1 unspecified atom stereocenters. The third kappa shape index (κ3) is 5.39. The number of carbonyl (C=O) groups excluding carboxylic acids is 1. The fourth-order valence-electron chi connectivity index (χ4n) is 1.91. The second-order valence-electron chi connectivity index (χ2n) is 4.88. The van der Waals surface area contributed by atoms with Crippen LogP contribution >= 0.6 is 24.0 Å². The zero-order valence-electron chi connectivity index (χ0n) is 11.0.